The average molecular weight is 297 g/mol. The summed E-state index contributed by atoms with van der Waals surface area (Å²) in [5.74, 6) is -1.57. The van der Waals surface area contributed by atoms with Crippen LogP contribution in [0.5, 0.6) is 0 Å². The number of aliphatic carboxylic acids is 1. The highest BCUT2D eigenvalue weighted by Gasteiger charge is 2.25. The number of hydrogen-bond donors (Lipinski definition) is 4. The molecule has 0 saturated carbocycles. The van der Waals surface area contributed by atoms with Crippen molar-refractivity contribution >= 4 is 17.9 Å². The molecular formula is C14H23N3O4. The molecule has 7 heteroatoms. The van der Waals surface area contributed by atoms with Crippen LogP contribution in [0.1, 0.15) is 33.6 Å². The van der Waals surface area contributed by atoms with E-state index in [1.807, 2.05) is 20.8 Å². The van der Waals surface area contributed by atoms with Gasteiger partial charge in [-0.1, -0.05) is 12.2 Å². The van der Waals surface area contributed by atoms with Gasteiger partial charge >= 0.3 is 12.0 Å². The van der Waals surface area contributed by atoms with Crippen molar-refractivity contribution in [1.29, 1.82) is 0 Å². The van der Waals surface area contributed by atoms with E-state index in [9.17, 15) is 14.4 Å². The highest BCUT2D eigenvalue weighted by Crippen LogP contribution is 2.17. The van der Waals surface area contributed by atoms with Gasteiger partial charge in [-0.2, -0.15) is 0 Å². The molecule has 118 valence electrons. The van der Waals surface area contributed by atoms with Gasteiger partial charge in [0.15, 0.2) is 0 Å². The molecule has 2 unspecified atom stereocenters. The zero-order chi connectivity index (χ0) is 16.0. The van der Waals surface area contributed by atoms with E-state index in [0.717, 1.165) is 0 Å². The number of amides is 3. The van der Waals surface area contributed by atoms with Crippen LogP contribution in [0.4, 0.5) is 4.79 Å². The lowest BCUT2D eigenvalue weighted by Crippen LogP contribution is -2.44. The van der Waals surface area contributed by atoms with Crippen LogP contribution in [0.25, 0.3) is 0 Å². The normalized spacial score (nSPS) is 20.9. The topological polar surface area (TPSA) is 108 Å². The number of carbonyl (C=O) groups excluding carboxylic acids is 2. The van der Waals surface area contributed by atoms with Crippen molar-refractivity contribution in [3.8, 4) is 0 Å². The second-order valence-electron chi connectivity index (χ2n) is 6.12. The molecule has 0 aromatic rings. The molecule has 0 saturated heterocycles. The Morgan fingerprint density at radius 2 is 1.90 bits per heavy atom. The second kappa shape index (κ2) is 7.10. The summed E-state index contributed by atoms with van der Waals surface area (Å²) in [5, 5.41) is 16.9. The summed E-state index contributed by atoms with van der Waals surface area (Å²) < 4.78 is 0. The van der Waals surface area contributed by atoms with E-state index in [4.69, 9.17) is 5.11 Å². The Hall–Kier alpha value is -2.05. The zero-order valence-electron chi connectivity index (χ0n) is 12.6. The lowest BCUT2D eigenvalue weighted by Gasteiger charge is -2.20. The SMILES string of the molecule is CC(C)(C)NC(=O)CCNC(=O)NC1C=CC(C(=O)O)C1. The van der Waals surface area contributed by atoms with Crippen LogP contribution in [0, 0.1) is 5.92 Å². The Bertz CT molecular complexity index is 440. The summed E-state index contributed by atoms with van der Waals surface area (Å²) in [6.07, 6.45) is 3.80. The van der Waals surface area contributed by atoms with E-state index >= 15 is 0 Å². The van der Waals surface area contributed by atoms with E-state index in [1.165, 1.54) is 0 Å². The molecule has 0 radical (unpaired) electrons. The van der Waals surface area contributed by atoms with Crippen molar-refractivity contribution in [2.45, 2.75) is 45.2 Å². The van der Waals surface area contributed by atoms with Crippen LogP contribution >= 0.6 is 0 Å². The molecule has 1 aliphatic rings. The fraction of sp³-hybridized carbons (Fsp3) is 0.643. The van der Waals surface area contributed by atoms with Crippen molar-refractivity contribution in [3.63, 3.8) is 0 Å². The van der Waals surface area contributed by atoms with E-state index in [2.05, 4.69) is 16.0 Å². The smallest absolute Gasteiger partial charge is 0.315 e. The number of nitrogens with one attached hydrogen (secondary N) is 3. The first-order valence-corrected chi connectivity index (χ1v) is 6.94. The number of carboxylic acid groups (broad SMARTS) is 1. The molecule has 0 bridgehead atoms. The number of urea groups is 1. The lowest BCUT2D eigenvalue weighted by molar-refractivity contribution is -0.140. The first kappa shape index (κ1) is 17.0. The molecule has 21 heavy (non-hydrogen) atoms. The van der Waals surface area contributed by atoms with Crippen molar-refractivity contribution in [3.05, 3.63) is 12.2 Å². The van der Waals surface area contributed by atoms with Crippen LogP contribution in [0.3, 0.4) is 0 Å². The predicted octanol–water partition coefficient (Wildman–Crippen LogP) is 0.620. The molecule has 4 N–H and O–H groups in total. The van der Waals surface area contributed by atoms with Crippen molar-refractivity contribution in [1.82, 2.24) is 16.0 Å². The minimum Gasteiger partial charge on any atom is -0.481 e. The van der Waals surface area contributed by atoms with Gasteiger partial charge in [0.05, 0.1) is 12.0 Å². The van der Waals surface area contributed by atoms with Gasteiger partial charge in [-0.3, -0.25) is 9.59 Å². The van der Waals surface area contributed by atoms with Crippen LogP contribution < -0.4 is 16.0 Å². The van der Waals surface area contributed by atoms with Gasteiger partial charge in [0, 0.05) is 18.5 Å². The summed E-state index contributed by atoms with van der Waals surface area (Å²) in [7, 11) is 0. The first-order chi connectivity index (χ1) is 9.67. The van der Waals surface area contributed by atoms with Crippen molar-refractivity contribution in [2.24, 2.45) is 5.92 Å². The maximum Gasteiger partial charge on any atom is 0.315 e. The fourth-order valence-electron chi connectivity index (χ4n) is 1.98. The monoisotopic (exact) mass is 297 g/mol. The molecule has 0 fully saturated rings. The van der Waals surface area contributed by atoms with Gasteiger partial charge in [-0.25, -0.2) is 4.79 Å². The fourth-order valence-corrected chi connectivity index (χ4v) is 1.98. The maximum absolute atomic E-state index is 11.6. The molecule has 0 heterocycles. The number of hydrogen-bond acceptors (Lipinski definition) is 3. The molecule has 7 nitrogen and oxygen atoms in total. The minimum atomic E-state index is -0.894. The standard InChI is InChI=1S/C14H23N3O4/c1-14(2,3)17-11(18)6-7-15-13(21)16-10-5-4-9(8-10)12(19)20/h4-5,9-10H,6-8H2,1-3H3,(H,17,18)(H,19,20)(H2,15,16,21). The van der Waals surface area contributed by atoms with E-state index in [-0.39, 0.29) is 30.5 Å². The summed E-state index contributed by atoms with van der Waals surface area (Å²) in [6.45, 7) is 5.88. The number of carboxylic acids is 1. The summed E-state index contributed by atoms with van der Waals surface area (Å²) in [5.41, 5.74) is -0.292. The molecule has 2 atom stereocenters. The Morgan fingerprint density at radius 3 is 2.43 bits per heavy atom. The third kappa shape index (κ3) is 6.78. The molecule has 1 rings (SSSR count). The highest BCUT2D eigenvalue weighted by atomic mass is 16.4. The highest BCUT2D eigenvalue weighted by molar-refractivity contribution is 5.79. The zero-order valence-corrected chi connectivity index (χ0v) is 12.6. The van der Waals surface area contributed by atoms with Gasteiger partial charge in [0.1, 0.15) is 0 Å². The second-order valence-corrected chi connectivity index (χ2v) is 6.12. The maximum atomic E-state index is 11.6. The number of carbonyl (C=O) groups is 3. The third-order valence-corrected chi connectivity index (χ3v) is 2.87. The quantitative estimate of drug-likeness (QED) is 0.558. The molecule has 0 spiro atoms. The summed E-state index contributed by atoms with van der Waals surface area (Å²) >= 11 is 0. The van der Waals surface area contributed by atoms with Gasteiger partial charge < -0.3 is 21.1 Å². The Labute approximate surface area is 124 Å². The summed E-state index contributed by atoms with van der Waals surface area (Å²) in [6, 6.07) is -0.686. The van der Waals surface area contributed by atoms with E-state index in [0.29, 0.717) is 6.42 Å². The largest absolute Gasteiger partial charge is 0.481 e. The third-order valence-electron chi connectivity index (χ3n) is 2.87. The van der Waals surface area contributed by atoms with Crippen LogP contribution in [0.15, 0.2) is 12.2 Å². The first-order valence-electron chi connectivity index (χ1n) is 6.94. The van der Waals surface area contributed by atoms with Crippen LogP contribution in [0.2, 0.25) is 0 Å². The lowest BCUT2D eigenvalue weighted by atomic mass is 10.1. The molecular weight excluding hydrogens is 274 g/mol. The van der Waals surface area contributed by atoms with Crippen LogP contribution in [-0.2, 0) is 9.59 Å². The summed E-state index contributed by atoms with van der Waals surface area (Å²) in [4.78, 5) is 33.9. The van der Waals surface area contributed by atoms with Gasteiger partial charge in [-0.15, -0.1) is 0 Å². The molecule has 0 aromatic heterocycles. The Balaban J connectivity index is 2.20. The minimum absolute atomic E-state index is 0.130. The van der Waals surface area contributed by atoms with Crippen LogP contribution in [-0.4, -0.2) is 41.1 Å². The number of rotatable bonds is 5. The Morgan fingerprint density at radius 1 is 1.24 bits per heavy atom. The van der Waals surface area contributed by atoms with Gasteiger partial charge in [-0.05, 0) is 27.2 Å². The van der Waals surface area contributed by atoms with Gasteiger partial charge in [0.25, 0.3) is 0 Å². The van der Waals surface area contributed by atoms with Crippen molar-refractivity contribution < 1.29 is 19.5 Å². The molecule has 0 aliphatic heterocycles. The molecule has 1 aliphatic carbocycles. The average Bonchev–Trinajstić information content (AvgIpc) is 2.74. The Kier molecular flexibility index (Phi) is 5.75. The molecule has 3 amide bonds. The van der Waals surface area contributed by atoms with E-state index in [1.54, 1.807) is 12.2 Å². The van der Waals surface area contributed by atoms with Gasteiger partial charge in [0.2, 0.25) is 5.91 Å². The van der Waals surface area contributed by atoms with E-state index < -0.39 is 17.9 Å². The predicted molar refractivity (Wildman–Crippen MR) is 77.7 cm³/mol. The van der Waals surface area contributed by atoms with Crippen molar-refractivity contribution in [2.75, 3.05) is 6.54 Å². The molecule has 0 aromatic carbocycles.